The number of anilines is 1. The number of phenolic OH excluding ortho intramolecular Hbond substituents is 1. The average Bonchev–Trinajstić information content (AvgIpc) is 3.33. The summed E-state index contributed by atoms with van der Waals surface area (Å²) in [4.78, 5) is 9.08. The molecule has 5 rings (SSSR count). The molecule has 1 aromatic carbocycles. The fourth-order valence-electron chi connectivity index (χ4n) is 4.60. The van der Waals surface area contributed by atoms with E-state index in [0.29, 0.717) is 43.3 Å². The smallest absolute Gasteiger partial charge is 0.213 e. The highest BCUT2D eigenvalue weighted by Gasteiger charge is 2.38. The van der Waals surface area contributed by atoms with Crippen molar-refractivity contribution in [3.05, 3.63) is 65.6 Å². The molecule has 0 bridgehead atoms. The predicted molar refractivity (Wildman–Crippen MR) is 146 cm³/mol. The third-order valence-corrected chi connectivity index (χ3v) is 7.00. The molecule has 0 saturated carbocycles. The van der Waals surface area contributed by atoms with Gasteiger partial charge in [0.2, 0.25) is 5.88 Å². The molecule has 10 nitrogen and oxygen atoms in total. The molecule has 3 aromatic heterocycles. The Morgan fingerprint density at radius 1 is 1.26 bits per heavy atom. The second-order valence-electron chi connectivity index (χ2n) is 9.70. The van der Waals surface area contributed by atoms with Crippen LogP contribution in [0.2, 0.25) is 0 Å². The van der Waals surface area contributed by atoms with Crippen molar-refractivity contribution in [1.82, 2.24) is 14.6 Å². The van der Waals surface area contributed by atoms with Crippen molar-refractivity contribution in [3.63, 3.8) is 0 Å². The average molecular weight is 517 g/mol. The van der Waals surface area contributed by atoms with Gasteiger partial charge in [0.15, 0.2) is 0 Å². The maximum Gasteiger partial charge on any atom is 0.213 e. The summed E-state index contributed by atoms with van der Waals surface area (Å²) < 4.78 is 12.4. The number of amidine groups is 1. The lowest BCUT2D eigenvalue weighted by molar-refractivity contribution is -0.128. The monoisotopic (exact) mass is 516 g/mol. The number of aliphatic imine (C=N–C) groups is 1. The van der Waals surface area contributed by atoms with Gasteiger partial charge >= 0.3 is 0 Å². The van der Waals surface area contributed by atoms with Crippen LogP contribution in [0.25, 0.3) is 16.6 Å². The zero-order valence-corrected chi connectivity index (χ0v) is 21.7. The Kier molecular flexibility index (Phi) is 6.92. The highest BCUT2D eigenvalue weighted by atomic mass is 16.5. The van der Waals surface area contributed by atoms with Gasteiger partial charge in [-0.25, -0.2) is 14.5 Å². The summed E-state index contributed by atoms with van der Waals surface area (Å²) in [5.74, 6) is 1.03. The fourth-order valence-corrected chi connectivity index (χ4v) is 4.60. The Balaban J connectivity index is 1.61. The number of benzene rings is 1. The lowest BCUT2D eigenvalue weighted by Gasteiger charge is -2.40. The molecule has 0 radical (unpaired) electrons. The van der Waals surface area contributed by atoms with E-state index in [2.05, 4.69) is 15.4 Å². The maximum absolute atomic E-state index is 9.98. The van der Waals surface area contributed by atoms with Crippen molar-refractivity contribution in [3.8, 4) is 22.8 Å². The summed E-state index contributed by atoms with van der Waals surface area (Å²) in [7, 11) is 1.59. The van der Waals surface area contributed by atoms with Crippen molar-refractivity contribution in [2.45, 2.75) is 20.3 Å². The molecule has 4 heterocycles. The van der Waals surface area contributed by atoms with Crippen molar-refractivity contribution >= 4 is 22.7 Å². The quantitative estimate of drug-likeness (QED) is 0.196. The van der Waals surface area contributed by atoms with Crippen LogP contribution in [0.3, 0.4) is 0 Å². The van der Waals surface area contributed by atoms with E-state index in [4.69, 9.17) is 20.2 Å². The van der Waals surface area contributed by atoms with Crippen LogP contribution < -0.4 is 15.8 Å². The fraction of sp³-hybridized carbons (Fsp3) is 0.321. The summed E-state index contributed by atoms with van der Waals surface area (Å²) in [6.45, 7) is 5.47. The van der Waals surface area contributed by atoms with Gasteiger partial charge in [-0.2, -0.15) is 5.10 Å². The van der Waals surface area contributed by atoms with Crippen molar-refractivity contribution in [2.75, 3.05) is 38.8 Å². The lowest BCUT2D eigenvalue weighted by atomic mass is 9.87. The molecule has 198 valence electrons. The Morgan fingerprint density at radius 3 is 2.74 bits per heavy atom. The molecule has 1 fully saturated rings. The third kappa shape index (κ3) is 4.75. The van der Waals surface area contributed by atoms with Crippen LogP contribution in [0.15, 0.2) is 53.9 Å². The van der Waals surface area contributed by atoms with E-state index in [1.165, 1.54) is 0 Å². The number of ether oxygens (including phenoxy) is 2. The first-order valence-electron chi connectivity index (χ1n) is 12.5. The zero-order valence-electron chi connectivity index (χ0n) is 21.7. The number of methoxy groups -OCH3 is 1. The minimum Gasteiger partial charge on any atom is -0.508 e. The Labute approximate surface area is 220 Å². The minimum absolute atomic E-state index is 0.0105. The number of hydrogen-bond acceptors (Lipinski definition) is 8. The normalized spacial score (nSPS) is 14.9. The zero-order chi connectivity index (χ0) is 26.9. The number of nitrogens with one attached hydrogen (secondary N) is 1. The maximum atomic E-state index is 9.98. The second kappa shape index (κ2) is 10.3. The molecule has 1 aliphatic heterocycles. The first kappa shape index (κ1) is 25.5. The van der Waals surface area contributed by atoms with Crippen LogP contribution in [0.1, 0.15) is 23.6 Å². The topological polar surface area (TPSA) is 140 Å². The highest BCUT2D eigenvalue weighted by molar-refractivity contribution is 6.06. The summed E-state index contributed by atoms with van der Waals surface area (Å²) in [6, 6.07) is 8.96. The molecule has 0 spiro atoms. The van der Waals surface area contributed by atoms with Crippen LogP contribution in [0.4, 0.5) is 11.4 Å². The molecule has 1 aliphatic rings. The van der Waals surface area contributed by atoms with Gasteiger partial charge in [-0.1, -0.05) is 6.92 Å². The van der Waals surface area contributed by atoms with E-state index in [9.17, 15) is 10.2 Å². The minimum atomic E-state index is -0.359. The number of phenols is 1. The van der Waals surface area contributed by atoms with Crippen LogP contribution >= 0.6 is 0 Å². The van der Waals surface area contributed by atoms with Gasteiger partial charge in [0, 0.05) is 36.1 Å². The van der Waals surface area contributed by atoms with Crippen LogP contribution in [-0.2, 0) is 11.2 Å². The number of nitrogens with two attached hydrogens (primary N) is 1. The van der Waals surface area contributed by atoms with E-state index in [1.807, 2.05) is 32.2 Å². The van der Waals surface area contributed by atoms with Crippen molar-refractivity contribution < 1.29 is 19.7 Å². The highest BCUT2D eigenvalue weighted by Crippen LogP contribution is 2.34. The van der Waals surface area contributed by atoms with E-state index >= 15 is 0 Å². The van der Waals surface area contributed by atoms with Gasteiger partial charge in [0.25, 0.3) is 0 Å². The van der Waals surface area contributed by atoms with Crippen LogP contribution in [0.5, 0.6) is 11.6 Å². The Hall–Kier alpha value is -4.15. The first-order valence-corrected chi connectivity index (χ1v) is 12.5. The Bertz CT molecular complexity index is 1500. The van der Waals surface area contributed by atoms with Crippen molar-refractivity contribution in [2.24, 2.45) is 16.1 Å². The van der Waals surface area contributed by atoms with Gasteiger partial charge < -0.3 is 30.7 Å². The number of aliphatic hydroxyl groups excluding tert-OH is 1. The lowest BCUT2D eigenvalue weighted by Crippen LogP contribution is -2.50. The third-order valence-electron chi connectivity index (χ3n) is 7.00. The van der Waals surface area contributed by atoms with E-state index in [-0.39, 0.29) is 23.6 Å². The molecule has 1 saturated heterocycles. The van der Waals surface area contributed by atoms with Gasteiger partial charge in [-0.05, 0) is 48.7 Å². The predicted octanol–water partition coefficient (Wildman–Crippen LogP) is 3.44. The SMILES string of the molecule is CCc1cc(O)ccc1/N=C(\N)c1cnn2cc(-c3cnc(OC)cc3C)cc2c1NCC1(CO)COC1. The van der Waals surface area contributed by atoms with E-state index in [0.717, 1.165) is 33.5 Å². The molecule has 0 unspecified atom stereocenters. The molecule has 10 heteroatoms. The number of aryl methyl sites for hydroxylation is 2. The number of aromatic hydroxyl groups is 1. The standard InChI is InChI=1S/C28H32N6O4/c1-4-18-8-20(36)5-6-23(18)33-27(29)22-11-32-34-12-19(21-10-30-25(37-3)7-17(21)2)9-24(34)26(22)31-13-28(14-35)15-38-16-28/h5-12,31,35-36H,4,13-16H2,1-3H3,(H2,29,33). The van der Waals surface area contributed by atoms with Crippen LogP contribution in [-0.4, -0.2) is 64.1 Å². The summed E-state index contributed by atoms with van der Waals surface area (Å²) in [5, 5.41) is 28.0. The van der Waals surface area contributed by atoms with Gasteiger partial charge in [0.1, 0.15) is 11.6 Å². The molecule has 0 amide bonds. The van der Waals surface area contributed by atoms with Crippen LogP contribution in [0, 0.1) is 12.3 Å². The summed E-state index contributed by atoms with van der Waals surface area (Å²) in [6.07, 6.45) is 6.11. The molecule has 0 atom stereocenters. The van der Waals surface area contributed by atoms with Gasteiger partial charge in [0.05, 0.1) is 61.0 Å². The first-order chi connectivity index (χ1) is 18.4. The molecule has 0 aliphatic carbocycles. The number of aromatic nitrogens is 3. The second-order valence-corrected chi connectivity index (χ2v) is 9.70. The van der Waals surface area contributed by atoms with Crippen molar-refractivity contribution in [1.29, 1.82) is 0 Å². The largest absolute Gasteiger partial charge is 0.508 e. The van der Waals surface area contributed by atoms with Gasteiger partial charge in [-0.3, -0.25) is 0 Å². The summed E-state index contributed by atoms with van der Waals surface area (Å²) >= 11 is 0. The Morgan fingerprint density at radius 2 is 2.08 bits per heavy atom. The number of aliphatic hydroxyl groups is 1. The number of fused-ring (bicyclic) bond motifs is 1. The molecule has 4 aromatic rings. The number of hydrogen-bond donors (Lipinski definition) is 4. The van der Waals surface area contributed by atoms with E-state index in [1.54, 1.807) is 42.2 Å². The number of nitrogens with zero attached hydrogens (tertiary/aromatic N) is 4. The van der Waals surface area contributed by atoms with Gasteiger partial charge in [-0.15, -0.1) is 0 Å². The molecule has 38 heavy (non-hydrogen) atoms. The molecular weight excluding hydrogens is 484 g/mol. The van der Waals surface area contributed by atoms with E-state index < -0.39 is 0 Å². The molecular formula is C28H32N6O4. The summed E-state index contributed by atoms with van der Waals surface area (Å²) in [5.41, 5.74) is 12.9. The number of pyridine rings is 1. The molecule has 5 N–H and O–H groups in total. The number of rotatable bonds is 9.